The summed E-state index contributed by atoms with van der Waals surface area (Å²) >= 11 is 0. The normalized spacial score (nSPS) is 12.5. The SMILES string of the molecule is CCO[Si](CCCCCCc1ccc(C(F)(F)F)cc1)(OCC)OCC. The highest BCUT2D eigenvalue weighted by atomic mass is 28.4. The third kappa shape index (κ3) is 8.20. The minimum Gasteiger partial charge on any atom is -0.374 e. The van der Waals surface area contributed by atoms with E-state index in [-0.39, 0.29) is 0 Å². The van der Waals surface area contributed by atoms with Crippen LogP contribution in [0.15, 0.2) is 24.3 Å². The van der Waals surface area contributed by atoms with E-state index in [0.29, 0.717) is 19.8 Å². The fourth-order valence-electron chi connectivity index (χ4n) is 2.89. The van der Waals surface area contributed by atoms with Crippen LogP contribution in [0.1, 0.15) is 57.6 Å². The van der Waals surface area contributed by atoms with Gasteiger partial charge in [-0.3, -0.25) is 0 Å². The summed E-state index contributed by atoms with van der Waals surface area (Å²) < 4.78 is 55.1. The molecule has 150 valence electrons. The first-order chi connectivity index (χ1) is 12.4. The van der Waals surface area contributed by atoms with Gasteiger partial charge >= 0.3 is 15.0 Å². The maximum atomic E-state index is 12.5. The Morgan fingerprint density at radius 1 is 0.769 bits per heavy atom. The summed E-state index contributed by atoms with van der Waals surface area (Å²) in [5.41, 5.74) is 0.352. The molecule has 1 rings (SSSR count). The van der Waals surface area contributed by atoms with Crippen molar-refractivity contribution in [2.45, 2.75) is 65.1 Å². The second-order valence-corrected chi connectivity index (χ2v) is 8.82. The number of aryl methyl sites for hydroxylation is 1. The van der Waals surface area contributed by atoms with Gasteiger partial charge in [0.15, 0.2) is 0 Å². The number of hydrogen-bond donors (Lipinski definition) is 0. The molecule has 0 aliphatic rings. The smallest absolute Gasteiger partial charge is 0.374 e. The second-order valence-electron chi connectivity index (χ2n) is 6.09. The number of halogens is 3. The van der Waals surface area contributed by atoms with Crippen LogP contribution >= 0.6 is 0 Å². The molecule has 0 heterocycles. The Balaban J connectivity index is 2.32. The fourth-order valence-corrected chi connectivity index (χ4v) is 5.57. The first-order valence-electron chi connectivity index (χ1n) is 9.45. The number of rotatable bonds is 13. The van der Waals surface area contributed by atoms with Gasteiger partial charge in [-0.15, -0.1) is 0 Å². The summed E-state index contributed by atoms with van der Waals surface area (Å²) in [6.45, 7) is 7.60. The molecule has 1 aromatic carbocycles. The Kier molecular flexibility index (Phi) is 10.5. The lowest BCUT2D eigenvalue weighted by molar-refractivity contribution is -0.137. The van der Waals surface area contributed by atoms with E-state index in [2.05, 4.69) is 0 Å². The molecule has 3 nitrogen and oxygen atoms in total. The van der Waals surface area contributed by atoms with Crippen LogP contribution in [0, 0.1) is 0 Å². The predicted molar refractivity (Wildman–Crippen MR) is 99.1 cm³/mol. The highest BCUT2D eigenvalue weighted by molar-refractivity contribution is 6.60. The molecule has 0 fully saturated rings. The maximum Gasteiger partial charge on any atom is 0.500 e. The van der Waals surface area contributed by atoms with Gasteiger partial charge in [0.05, 0.1) is 5.56 Å². The predicted octanol–water partition coefficient (Wildman–Crippen LogP) is 5.86. The zero-order chi connectivity index (χ0) is 19.5. The minimum absolute atomic E-state index is 0.583. The molecule has 0 radical (unpaired) electrons. The van der Waals surface area contributed by atoms with E-state index in [0.717, 1.165) is 55.8 Å². The first kappa shape index (κ1) is 23.1. The van der Waals surface area contributed by atoms with Gasteiger partial charge in [-0.25, -0.2) is 0 Å². The molecule has 0 amide bonds. The van der Waals surface area contributed by atoms with E-state index < -0.39 is 20.5 Å². The summed E-state index contributed by atoms with van der Waals surface area (Å²) in [6.07, 6.45) is 0.509. The van der Waals surface area contributed by atoms with E-state index in [1.165, 1.54) is 0 Å². The zero-order valence-corrected chi connectivity index (χ0v) is 17.0. The third-order valence-corrected chi connectivity index (χ3v) is 7.22. The van der Waals surface area contributed by atoms with Crippen LogP contribution < -0.4 is 0 Å². The van der Waals surface area contributed by atoms with E-state index in [9.17, 15) is 13.2 Å². The average Bonchev–Trinajstić information content (AvgIpc) is 2.58. The van der Waals surface area contributed by atoms with E-state index in [1.807, 2.05) is 20.8 Å². The van der Waals surface area contributed by atoms with E-state index in [1.54, 1.807) is 12.1 Å². The summed E-state index contributed by atoms with van der Waals surface area (Å²) in [6, 6.07) is 6.26. The van der Waals surface area contributed by atoms with Gasteiger partial charge in [0.25, 0.3) is 0 Å². The Morgan fingerprint density at radius 3 is 1.73 bits per heavy atom. The molecule has 0 aliphatic carbocycles. The lowest BCUT2D eigenvalue weighted by atomic mass is 10.0. The average molecular weight is 393 g/mol. The lowest BCUT2D eigenvalue weighted by Gasteiger charge is -2.28. The molecule has 0 bridgehead atoms. The van der Waals surface area contributed by atoms with Gasteiger partial charge in [-0.05, 0) is 57.7 Å². The first-order valence-corrected chi connectivity index (χ1v) is 11.4. The molecule has 0 saturated heterocycles. The van der Waals surface area contributed by atoms with Crippen molar-refractivity contribution in [3.8, 4) is 0 Å². The maximum absolute atomic E-state index is 12.5. The summed E-state index contributed by atoms with van der Waals surface area (Å²) in [5, 5.41) is 0. The molecule has 0 saturated carbocycles. The summed E-state index contributed by atoms with van der Waals surface area (Å²) in [4.78, 5) is 0. The van der Waals surface area contributed by atoms with Crippen molar-refractivity contribution in [3.63, 3.8) is 0 Å². The van der Waals surface area contributed by atoms with Crippen LogP contribution in [0.25, 0.3) is 0 Å². The van der Waals surface area contributed by atoms with Crippen molar-refractivity contribution >= 4 is 8.80 Å². The monoisotopic (exact) mass is 392 g/mol. The topological polar surface area (TPSA) is 27.7 Å². The lowest BCUT2D eigenvalue weighted by Crippen LogP contribution is -2.45. The highest BCUT2D eigenvalue weighted by Gasteiger charge is 2.39. The number of alkyl halides is 3. The van der Waals surface area contributed by atoms with Crippen molar-refractivity contribution in [1.29, 1.82) is 0 Å². The Hall–Kier alpha value is -0.893. The number of unbranched alkanes of at least 4 members (excludes halogenated alkanes) is 3. The van der Waals surface area contributed by atoms with Gasteiger partial charge in [-0.1, -0.05) is 25.0 Å². The van der Waals surface area contributed by atoms with Crippen LogP contribution in [-0.4, -0.2) is 28.6 Å². The Morgan fingerprint density at radius 2 is 1.27 bits per heavy atom. The van der Waals surface area contributed by atoms with Gasteiger partial charge in [-0.2, -0.15) is 13.2 Å². The van der Waals surface area contributed by atoms with E-state index in [4.69, 9.17) is 13.3 Å². The molecule has 1 aromatic rings. The van der Waals surface area contributed by atoms with Crippen LogP contribution in [0.2, 0.25) is 6.04 Å². The molecular weight excluding hydrogens is 361 g/mol. The Bertz CT molecular complexity index is 475. The summed E-state index contributed by atoms with van der Waals surface area (Å²) in [5.74, 6) is 0. The van der Waals surface area contributed by atoms with Gasteiger partial charge < -0.3 is 13.3 Å². The molecule has 7 heteroatoms. The molecular formula is C19H31F3O3Si. The van der Waals surface area contributed by atoms with Crippen molar-refractivity contribution in [2.24, 2.45) is 0 Å². The zero-order valence-electron chi connectivity index (χ0n) is 16.0. The highest BCUT2D eigenvalue weighted by Crippen LogP contribution is 2.29. The van der Waals surface area contributed by atoms with Crippen molar-refractivity contribution < 1.29 is 26.4 Å². The molecule has 0 N–H and O–H groups in total. The largest absolute Gasteiger partial charge is 0.500 e. The summed E-state index contributed by atoms with van der Waals surface area (Å²) in [7, 11) is -2.55. The standard InChI is InChI=1S/C19H31F3O3Si/c1-4-23-26(24-5-2,25-6-3)16-10-8-7-9-11-17-12-14-18(15-13-17)19(20,21)22/h12-15H,4-11,16H2,1-3H3. The Labute approximate surface area is 156 Å². The van der Waals surface area contributed by atoms with Crippen LogP contribution in [0.4, 0.5) is 13.2 Å². The fraction of sp³-hybridized carbons (Fsp3) is 0.684. The van der Waals surface area contributed by atoms with Gasteiger partial charge in [0, 0.05) is 25.9 Å². The van der Waals surface area contributed by atoms with Crippen LogP contribution in [0.3, 0.4) is 0 Å². The quantitative estimate of drug-likeness (QED) is 0.311. The number of benzene rings is 1. The molecule has 0 aromatic heterocycles. The van der Waals surface area contributed by atoms with Gasteiger partial charge in [0.1, 0.15) is 0 Å². The molecule has 26 heavy (non-hydrogen) atoms. The van der Waals surface area contributed by atoms with Crippen LogP contribution in [-0.2, 0) is 25.9 Å². The molecule has 0 aliphatic heterocycles. The van der Waals surface area contributed by atoms with Crippen LogP contribution in [0.5, 0.6) is 0 Å². The van der Waals surface area contributed by atoms with Crippen molar-refractivity contribution in [1.82, 2.24) is 0 Å². The second kappa shape index (κ2) is 11.7. The third-order valence-electron chi connectivity index (χ3n) is 4.07. The van der Waals surface area contributed by atoms with Gasteiger partial charge in [0.2, 0.25) is 0 Å². The molecule has 0 atom stereocenters. The number of hydrogen-bond acceptors (Lipinski definition) is 3. The molecule has 0 unspecified atom stereocenters. The van der Waals surface area contributed by atoms with Crippen molar-refractivity contribution in [2.75, 3.05) is 19.8 Å². The van der Waals surface area contributed by atoms with E-state index >= 15 is 0 Å². The molecule has 0 spiro atoms. The minimum atomic E-state index is -4.27. The van der Waals surface area contributed by atoms with Crippen molar-refractivity contribution in [3.05, 3.63) is 35.4 Å².